The molecule has 1 amide bonds. The summed E-state index contributed by atoms with van der Waals surface area (Å²) in [6, 6.07) is 9.13. The second-order valence-electron chi connectivity index (χ2n) is 7.36. The van der Waals surface area contributed by atoms with Crippen molar-refractivity contribution in [2.45, 2.75) is 44.2 Å². The number of carbonyl (C=O) groups excluding carboxylic acids is 1. The predicted octanol–water partition coefficient (Wildman–Crippen LogP) is 1.93. The molecule has 0 unspecified atom stereocenters. The molecule has 24 heavy (non-hydrogen) atoms. The number of likely N-dealkylation sites (tertiary alicyclic amines) is 1. The van der Waals surface area contributed by atoms with Gasteiger partial charge in [-0.1, -0.05) is 17.7 Å². The fraction of sp³-hybridized carbons (Fsp3) is 0.632. The summed E-state index contributed by atoms with van der Waals surface area (Å²) in [4.78, 5) is 15.6. The first-order chi connectivity index (χ1) is 11.5. The maximum Gasteiger partial charge on any atom is 0.218 e. The fourth-order valence-electron chi connectivity index (χ4n) is 3.86. The van der Waals surface area contributed by atoms with E-state index in [4.69, 9.17) is 10.5 Å². The number of aryl methyl sites for hydroxylation is 1. The molecule has 5 heteroatoms. The highest BCUT2D eigenvalue weighted by Crippen LogP contribution is 2.38. The number of anilines is 1. The molecule has 1 aromatic carbocycles. The molecule has 0 aliphatic carbocycles. The second-order valence-corrected chi connectivity index (χ2v) is 7.36. The number of primary amides is 1. The van der Waals surface area contributed by atoms with Crippen molar-refractivity contribution in [3.8, 4) is 0 Å². The van der Waals surface area contributed by atoms with Gasteiger partial charge in [0.05, 0.1) is 18.2 Å². The minimum absolute atomic E-state index is 0.0207. The van der Waals surface area contributed by atoms with Crippen LogP contribution in [-0.2, 0) is 9.53 Å². The van der Waals surface area contributed by atoms with E-state index in [2.05, 4.69) is 48.0 Å². The van der Waals surface area contributed by atoms with Crippen molar-refractivity contribution in [1.82, 2.24) is 4.90 Å². The number of amides is 1. The minimum atomic E-state index is -0.216. The fourth-order valence-corrected chi connectivity index (χ4v) is 3.86. The number of likely N-dealkylation sites (N-methyl/N-ethyl adjacent to an activating group) is 1. The normalized spacial score (nSPS) is 23.5. The van der Waals surface area contributed by atoms with Crippen LogP contribution in [0.4, 0.5) is 5.69 Å². The number of carbonyl (C=O) groups is 1. The zero-order valence-electron chi connectivity index (χ0n) is 14.8. The number of hydrogen-bond donors (Lipinski definition) is 1. The van der Waals surface area contributed by atoms with Crippen LogP contribution in [0.3, 0.4) is 0 Å². The van der Waals surface area contributed by atoms with Crippen LogP contribution in [0.2, 0.25) is 0 Å². The lowest BCUT2D eigenvalue weighted by atomic mass is 9.87. The molecule has 5 nitrogen and oxygen atoms in total. The highest BCUT2D eigenvalue weighted by atomic mass is 16.5. The Morgan fingerprint density at radius 2 is 2.00 bits per heavy atom. The maximum atomic E-state index is 10.9. The lowest BCUT2D eigenvalue weighted by molar-refractivity contribution is -0.118. The van der Waals surface area contributed by atoms with Gasteiger partial charge in [0.2, 0.25) is 5.91 Å². The summed E-state index contributed by atoms with van der Waals surface area (Å²) in [7, 11) is 2.17. The second kappa shape index (κ2) is 7.11. The number of hydrogen-bond acceptors (Lipinski definition) is 4. The van der Waals surface area contributed by atoms with Crippen molar-refractivity contribution in [3.05, 3.63) is 29.8 Å². The van der Waals surface area contributed by atoms with Gasteiger partial charge < -0.3 is 20.3 Å². The third kappa shape index (κ3) is 3.90. The van der Waals surface area contributed by atoms with Crippen molar-refractivity contribution in [1.29, 1.82) is 0 Å². The first kappa shape index (κ1) is 17.2. The van der Waals surface area contributed by atoms with Crippen molar-refractivity contribution >= 4 is 11.6 Å². The number of nitrogens with two attached hydrogens (primary N) is 1. The van der Waals surface area contributed by atoms with Crippen LogP contribution in [-0.4, -0.2) is 55.7 Å². The zero-order chi connectivity index (χ0) is 17.2. The van der Waals surface area contributed by atoms with Crippen LogP contribution >= 0.6 is 0 Å². The largest absolute Gasteiger partial charge is 0.373 e. The van der Waals surface area contributed by atoms with Crippen LogP contribution in [0.25, 0.3) is 0 Å². The van der Waals surface area contributed by atoms with E-state index >= 15 is 0 Å². The molecule has 0 bridgehead atoms. The molecule has 2 aliphatic rings. The Morgan fingerprint density at radius 3 is 2.62 bits per heavy atom. The Balaban J connectivity index is 1.53. The van der Waals surface area contributed by atoms with E-state index in [0.29, 0.717) is 12.5 Å². The summed E-state index contributed by atoms with van der Waals surface area (Å²) in [5, 5.41) is 0. The van der Waals surface area contributed by atoms with E-state index < -0.39 is 0 Å². The number of ether oxygens (including phenoxy) is 1. The molecule has 3 rings (SSSR count). The standard InChI is InChI=1S/C19H29N3O2/c1-15-3-5-16(6-4-15)21(2)17-13-19(24-14-17)8-11-22(12-9-19)10-7-18(20)23/h3-6,17H,7-14H2,1-2H3,(H2,20,23)/t17-/m1/s1. The van der Waals surface area contributed by atoms with Crippen LogP contribution in [0.15, 0.2) is 24.3 Å². The third-order valence-electron chi connectivity index (χ3n) is 5.62. The monoisotopic (exact) mass is 331 g/mol. The van der Waals surface area contributed by atoms with Crippen LogP contribution in [0, 0.1) is 6.92 Å². The van der Waals surface area contributed by atoms with Gasteiger partial charge in [0.1, 0.15) is 0 Å². The third-order valence-corrected chi connectivity index (χ3v) is 5.62. The van der Waals surface area contributed by atoms with E-state index in [1.54, 1.807) is 0 Å². The summed E-state index contributed by atoms with van der Waals surface area (Å²) in [5.74, 6) is -0.216. The quantitative estimate of drug-likeness (QED) is 0.896. The molecule has 1 atom stereocenters. The Labute approximate surface area is 144 Å². The average Bonchev–Trinajstić information content (AvgIpc) is 2.98. The molecule has 1 spiro atoms. The van der Waals surface area contributed by atoms with E-state index in [1.807, 2.05) is 0 Å². The van der Waals surface area contributed by atoms with Gasteiger partial charge in [0.15, 0.2) is 0 Å². The molecule has 2 heterocycles. The molecular formula is C19H29N3O2. The molecule has 2 fully saturated rings. The van der Waals surface area contributed by atoms with Gasteiger partial charge in [-0.2, -0.15) is 0 Å². The van der Waals surface area contributed by atoms with E-state index in [1.165, 1.54) is 11.3 Å². The van der Waals surface area contributed by atoms with Gasteiger partial charge in [-0.25, -0.2) is 0 Å². The number of rotatable bonds is 5. The Hall–Kier alpha value is -1.59. The molecule has 0 saturated carbocycles. The number of benzene rings is 1. The smallest absolute Gasteiger partial charge is 0.218 e. The zero-order valence-corrected chi connectivity index (χ0v) is 14.8. The average molecular weight is 331 g/mol. The first-order valence-electron chi connectivity index (χ1n) is 8.92. The topological polar surface area (TPSA) is 58.8 Å². The van der Waals surface area contributed by atoms with E-state index in [-0.39, 0.29) is 11.5 Å². The summed E-state index contributed by atoms with van der Waals surface area (Å²) < 4.78 is 6.27. The van der Waals surface area contributed by atoms with Gasteiger partial charge in [-0.3, -0.25) is 4.79 Å². The highest BCUT2D eigenvalue weighted by Gasteiger charge is 2.43. The molecule has 2 N–H and O–H groups in total. The number of piperidine rings is 1. The van der Waals surface area contributed by atoms with Crippen LogP contribution in [0.5, 0.6) is 0 Å². The number of nitrogens with zero attached hydrogens (tertiary/aromatic N) is 2. The summed E-state index contributed by atoms with van der Waals surface area (Å²) in [6.07, 6.45) is 3.63. The van der Waals surface area contributed by atoms with Crippen molar-refractivity contribution in [2.24, 2.45) is 5.73 Å². The van der Waals surface area contributed by atoms with Crippen LogP contribution < -0.4 is 10.6 Å². The maximum absolute atomic E-state index is 10.9. The summed E-state index contributed by atoms with van der Waals surface area (Å²) >= 11 is 0. The molecule has 2 aliphatic heterocycles. The highest BCUT2D eigenvalue weighted by molar-refractivity contribution is 5.73. The van der Waals surface area contributed by atoms with Gasteiger partial charge in [-0.05, 0) is 38.3 Å². The molecule has 2 saturated heterocycles. The van der Waals surface area contributed by atoms with Crippen molar-refractivity contribution in [3.63, 3.8) is 0 Å². The summed E-state index contributed by atoms with van der Waals surface area (Å²) in [6.45, 7) is 5.68. The van der Waals surface area contributed by atoms with Crippen molar-refractivity contribution < 1.29 is 9.53 Å². The van der Waals surface area contributed by atoms with Gasteiger partial charge in [0.25, 0.3) is 0 Å². The lowest BCUT2D eigenvalue weighted by Crippen LogP contribution is -2.45. The molecular weight excluding hydrogens is 302 g/mol. The first-order valence-corrected chi connectivity index (χ1v) is 8.92. The molecule has 0 aromatic heterocycles. The van der Waals surface area contributed by atoms with Gasteiger partial charge >= 0.3 is 0 Å². The minimum Gasteiger partial charge on any atom is -0.373 e. The molecule has 132 valence electrons. The Morgan fingerprint density at radius 1 is 1.33 bits per heavy atom. The predicted molar refractivity (Wildman–Crippen MR) is 96.2 cm³/mol. The summed E-state index contributed by atoms with van der Waals surface area (Å²) in [5.41, 5.74) is 7.81. The van der Waals surface area contributed by atoms with Gasteiger partial charge in [-0.15, -0.1) is 0 Å². The Kier molecular flexibility index (Phi) is 5.11. The molecule has 0 radical (unpaired) electrons. The SMILES string of the molecule is Cc1ccc(N(C)[C@H]2COC3(CCN(CCC(N)=O)CC3)C2)cc1. The van der Waals surface area contributed by atoms with E-state index in [0.717, 1.165) is 45.5 Å². The van der Waals surface area contributed by atoms with Crippen molar-refractivity contribution in [2.75, 3.05) is 38.2 Å². The van der Waals surface area contributed by atoms with E-state index in [9.17, 15) is 4.79 Å². The Bertz CT molecular complexity index is 564. The van der Waals surface area contributed by atoms with Crippen LogP contribution in [0.1, 0.15) is 31.2 Å². The van der Waals surface area contributed by atoms with Gasteiger partial charge in [0, 0.05) is 38.8 Å². The molecule has 1 aromatic rings. The lowest BCUT2D eigenvalue weighted by Gasteiger charge is -2.39.